The third-order valence-electron chi connectivity index (χ3n) is 4.04. The summed E-state index contributed by atoms with van der Waals surface area (Å²) in [5.74, 6) is -1.15. The number of carbonyl (C=O) groups is 2. The molecule has 0 bridgehead atoms. The van der Waals surface area contributed by atoms with E-state index in [-0.39, 0.29) is 6.54 Å². The number of hydrogen-bond donors (Lipinski definition) is 3. The number of carboxylic acid groups (broad SMARTS) is 1. The van der Waals surface area contributed by atoms with E-state index in [1.807, 2.05) is 28.8 Å². The quantitative estimate of drug-likeness (QED) is 0.595. The molecule has 2 heterocycles. The van der Waals surface area contributed by atoms with Gasteiger partial charge in [0.2, 0.25) is 0 Å². The second-order valence-corrected chi connectivity index (χ2v) is 6.86. The van der Waals surface area contributed by atoms with Gasteiger partial charge in [-0.05, 0) is 36.8 Å². The number of nitrogens with one attached hydrogen (secondary N) is 2. The molecule has 0 radical (unpaired) electrons. The van der Waals surface area contributed by atoms with Gasteiger partial charge in [0.25, 0.3) is 0 Å². The molecule has 0 aliphatic rings. The molecule has 1 unspecified atom stereocenters. The van der Waals surface area contributed by atoms with Gasteiger partial charge in [-0.25, -0.2) is 14.6 Å². The predicted molar refractivity (Wildman–Crippen MR) is 99.7 cm³/mol. The summed E-state index contributed by atoms with van der Waals surface area (Å²) in [7, 11) is 0. The Labute approximate surface area is 158 Å². The highest BCUT2D eigenvalue weighted by Crippen LogP contribution is 2.24. The van der Waals surface area contributed by atoms with E-state index in [2.05, 4.69) is 31.5 Å². The molecule has 2 amide bonds. The van der Waals surface area contributed by atoms with E-state index in [1.165, 1.54) is 6.92 Å². The lowest BCUT2D eigenvalue weighted by molar-refractivity contribution is -0.144. The number of aliphatic carboxylic acids is 1. The molecular formula is C18H17BrN4O3. The third kappa shape index (κ3) is 3.70. The lowest BCUT2D eigenvalue weighted by Crippen LogP contribution is -2.52. The Balaban J connectivity index is 1.71. The van der Waals surface area contributed by atoms with Gasteiger partial charge < -0.3 is 20.1 Å². The molecule has 8 heteroatoms. The normalized spacial score (nSPS) is 13.2. The molecular weight excluding hydrogens is 400 g/mol. The SMILES string of the molecule is CC(NC(=O)NCc1cn2ccccc2n1)(C(=O)O)c1cccc(Br)c1. The van der Waals surface area contributed by atoms with Crippen molar-refractivity contribution in [1.29, 1.82) is 0 Å². The Morgan fingerprint density at radius 3 is 2.77 bits per heavy atom. The number of rotatable bonds is 5. The van der Waals surface area contributed by atoms with Crippen molar-refractivity contribution in [1.82, 2.24) is 20.0 Å². The van der Waals surface area contributed by atoms with Gasteiger partial charge in [-0.2, -0.15) is 0 Å². The molecule has 0 aliphatic carbocycles. The van der Waals surface area contributed by atoms with E-state index in [0.29, 0.717) is 11.3 Å². The maximum absolute atomic E-state index is 12.3. The summed E-state index contributed by atoms with van der Waals surface area (Å²) in [6.45, 7) is 1.63. The van der Waals surface area contributed by atoms with Crippen LogP contribution in [0.2, 0.25) is 0 Å². The first-order valence-electron chi connectivity index (χ1n) is 7.86. The highest BCUT2D eigenvalue weighted by Gasteiger charge is 2.37. The van der Waals surface area contributed by atoms with E-state index >= 15 is 0 Å². The van der Waals surface area contributed by atoms with Crippen molar-refractivity contribution in [2.45, 2.75) is 19.0 Å². The van der Waals surface area contributed by atoms with Gasteiger partial charge >= 0.3 is 12.0 Å². The standard InChI is InChI=1S/C18H17BrN4O3/c1-18(16(24)25,12-5-4-6-13(19)9-12)22-17(26)20-10-14-11-23-8-3-2-7-15(23)21-14/h2-9,11H,10H2,1H3,(H,24,25)(H2,20,22,26). The summed E-state index contributed by atoms with van der Waals surface area (Å²) >= 11 is 3.32. The second-order valence-electron chi connectivity index (χ2n) is 5.95. The lowest BCUT2D eigenvalue weighted by atomic mass is 9.92. The largest absolute Gasteiger partial charge is 0.479 e. The molecule has 2 aromatic heterocycles. The molecule has 3 aromatic rings. The Morgan fingerprint density at radius 2 is 2.08 bits per heavy atom. The molecule has 1 aromatic carbocycles. The first-order valence-corrected chi connectivity index (χ1v) is 8.66. The summed E-state index contributed by atoms with van der Waals surface area (Å²) < 4.78 is 2.58. The summed E-state index contributed by atoms with van der Waals surface area (Å²) in [5.41, 5.74) is 0.342. The first-order chi connectivity index (χ1) is 12.4. The number of pyridine rings is 1. The van der Waals surface area contributed by atoms with Crippen LogP contribution in [-0.4, -0.2) is 26.5 Å². The van der Waals surface area contributed by atoms with Gasteiger partial charge in [-0.15, -0.1) is 0 Å². The molecule has 3 rings (SSSR count). The number of hydrogen-bond acceptors (Lipinski definition) is 3. The number of fused-ring (bicyclic) bond motifs is 1. The number of benzene rings is 1. The van der Waals surface area contributed by atoms with Gasteiger partial charge in [0.05, 0.1) is 12.2 Å². The van der Waals surface area contributed by atoms with Gasteiger partial charge in [0.15, 0.2) is 5.54 Å². The zero-order valence-electron chi connectivity index (χ0n) is 13.9. The molecule has 0 spiro atoms. The molecule has 134 valence electrons. The molecule has 0 aliphatic heterocycles. The maximum Gasteiger partial charge on any atom is 0.333 e. The number of urea groups is 1. The maximum atomic E-state index is 12.3. The van der Waals surface area contributed by atoms with Crippen LogP contribution in [0.1, 0.15) is 18.2 Å². The Kier molecular flexibility index (Phi) is 4.94. The van der Waals surface area contributed by atoms with Crippen molar-refractivity contribution in [2.75, 3.05) is 0 Å². The molecule has 0 saturated heterocycles. The van der Waals surface area contributed by atoms with Gasteiger partial charge in [-0.1, -0.05) is 34.1 Å². The lowest BCUT2D eigenvalue weighted by Gasteiger charge is -2.27. The van der Waals surface area contributed by atoms with Crippen LogP contribution in [0.5, 0.6) is 0 Å². The van der Waals surface area contributed by atoms with E-state index in [1.54, 1.807) is 30.5 Å². The average Bonchev–Trinajstić information content (AvgIpc) is 3.02. The zero-order valence-corrected chi connectivity index (χ0v) is 15.5. The third-order valence-corrected chi connectivity index (χ3v) is 4.53. The summed E-state index contributed by atoms with van der Waals surface area (Å²) in [5, 5.41) is 14.8. The zero-order chi connectivity index (χ0) is 18.7. The van der Waals surface area contributed by atoms with Gasteiger partial charge in [-0.3, -0.25) is 0 Å². The molecule has 1 atom stereocenters. The minimum Gasteiger partial charge on any atom is -0.479 e. The second kappa shape index (κ2) is 7.17. The average molecular weight is 417 g/mol. The van der Waals surface area contributed by atoms with Crippen molar-refractivity contribution < 1.29 is 14.7 Å². The Hall–Kier alpha value is -2.87. The molecule has 26 heavy (non-hydrogen) atoms. The minimum absolute atomic E-state index is 0.182. The summed E-state index contributed by atoms with van der Waals surface area (Å²) in [6.07, 6.45) is 3.67. The number of nitrogens with zero attached hydrogens (tertiary/aromatic N) is 2. The van der Waals surface area contributed by atoms with Crippen LogP contribution in [0.3, 0.4) is 0 Å². The molecule has 0 fully saturated rings. The van der Waals surface area contributed by atoms with Crippen LogP contribution >= 0.6 is 15.9 Å². The summed E-state index contributed by atoms with van der Waals surface area (Å²) in [4.78, 5) is 28.4. The Morgan fingerprint density at radius 1 is 1.27 bits per heavy atom. The van der Waals surface area contributed by atoms with E-state index in [9.17, 15) is 14.7 Å². The van der Waals surface area contributed by atoms with Crippen LogP contribution in [0.25, 0.3) is 5.65 Å². The fourth-order valence-electron chi connectivity index (χ4n) is 2.56. The topological polar surface area (TPSA) is 95.7 Å². The number of aromatic nitrogens is 2. The smallest absolute Gasteiger partial charge is 0.333 e. The van der Waals surface area contributed by atoms with Crippen LogP contribution in [0.15, 0.2) is 59.3 Å². The highest BCUT2D eigenvalue weighted by atomic mass is 79.9. The number of carbonyl (C=O) groups excluding carboxylic acids is 1. The van der Waals surface area contributed by atoms with Crippen LogP contribution < -0.4 is 10.6 Å². The number of amides is 2. The van der Waals surface area contributed by atoms with E-state index in [0.717, 1.165) is 10.1 Å². The molecule has 7 nitrogen and oxygen atoms in total. The summed E-state index contributed by atoms with van der Waals surface area (Å²) in [6, 6.07) is 11.9. The van der Waals surface area contributed by atoms with Crippen molar-refractivity contribution in [3.63, 3.8) is 0 Å². The molecule has 3 N–H and O–H groups in total. The van der Waals surface area contributed by atoms with Gasteiger partial charge in [0.1, 0.15) is 5.65 Å². The van der Waals surface area contributed by atoms with Crippen molar-refractivity contribution >= 4 is 33.6 Å². The van der Waals surface area contributed by atoms with Crippen LogP contribution in [-0.2, 0) is 16.9 Å². The van der Waals surface area contributed by atoms with Gasteiger partial charge in [0, 0.05) is 16.9 Å². The Bertz CT molecular complexity index is 939. The minimum atomic E-state index is -1.56. The van der Waals surface area contributed by atoms with E-state index in [4.69, 9.17) is 0 Å². The van der Waals surface area contributed by atoms with Crippen LogP contribution in [0, 0.1) is 0 Å². The first kappa shape index (κ1) is 17.9. The van der Waals surface area contributed by atoms with E-state index < -0.39 is 17.5 Å². The molecule has 0 saturated carbocycles. The number of carboxylic acids is 1. The number of imidazole rings is 1. The van der Waals surface area contributed by atoms with Crippen molar-refractivity contribution in [2.24, 2.45) is 0 Å². The van der Waals surface area contributed by atoms with Crippen molar-refractivity contribution in [3.8, 4) is 0 Å². The van der Waals surface area contributed by atoms with Crippen molar-refractivity contribution in [3.05, 3.63) is 70.6 Å². The predicted octanol–water partition coefficient (Wildman–Crippen LogP) is 2.90. The van der Waals surface area contributed by atoms with Crippen LogP contribution in [0.4, 0.5) is 4.79 Å². The monoisotopic (exact) mass is 416 g/mol. The fraction of sp³-hybridized carbons (Fsp3) is 0.167. The fourth-order valence-corrected chi connectivity index (χ4v) is 2.96. The number of halogens is 1. The highest BCUT2D eigenvalue weighted by molar-refractivity contribution is 9.10.